The van der Waals surface area contributed by atoms with E-state index in [-0.39, 0.29) is 45.7 Å². The number of carboxylic acids is 1. The highest BCUT2D eigenvalue weighted by Crippen LogP contribution is 2.37. The second-order valence-corrected chi connectivity index (χ2v) is 12.7. The van der Waals surface area contributed by atoms with Crippen LogP contribution in [-0.2, 0) is 17.8 Å². The van der Waals surface area contributed by atoms with E-state index in [1.165, 1.54) is 18.2 Å². The molecule has 0 aliphatic heterocycles. The van der Waals surface area contributed by atoms with Gasteiger partial charge in [-0.05, 0) is 69.2 Å². The summed E-state index contributed by atoms with van der Waals surface area (Å²) in [7, 11) is 0. The van der Waals surface area contributed by atoms with E-state index in [1.54, 1.807) is 57.3 Å². The fourth-order valence-electron chi connectivity index (χ4n) is 4.60. The summed E-state index contributed by atoms with van der Waals surface area (Å²) in [6.45, 7) is 10.6. The molecule has 0 aliphatic rings. The van der Waals surface area contributed by atoms with Gasteiger partial charge in [0.1, 0.15) is 12.4 Å². The van der Waals surface area contributed by atoms with Crippen LogP contribution in [0.25, 0.3) is 5.52 Å². The van der Waals surface area contributed by atoms with Gasteiger partial charge in [0.2, 0.25) is 5.78 Å². The highest BCUT2D eigenvalue weighted by atomic mass is 35.5. The second-order valence-electron chi connectivity index (χ2n) is 11.8. The van der Waals surface area contributed by atoms with Gasteiger partial charge >= 0.3 is 5.97 Å². The number of ether oxygens (including phenoxy) is 1. The first-order chi connectivity index (χ1) is 19.1. The maximum atomic E-state index is 14.1. The van der Waals surface area contributed by atoms with E-state index in [2.05, 4.69) is 4.98 Å². The Hall–Kier alpha value is -3.68. The molecule has 0 atom stereocenters. The van der Waals surface area contributed by atoms with Gasteiger partial charge in [-0.1, -0.05) is 50.0 Å². The molecule has 3 heterocycles. The lowest BCUT2D eigenvalue weighted by Crippen LogP contribution is -2.29. The van der Waals surface area contributed by atoms with Crippen LogP contribution in [0.1, 0.15) is 78.0 Å². The molecular formula is C32H32Cl2N2O5. The van der Waals surface area contributed by atoms with Crippen LogP contribution in [0.4, 0.5) is 0 Å². The summed E-state index contributed by atoms with van der Waals surface area (Å²) in [5.41, 5.74) is 0.945. The number of ketones is 2. The first kappa shape index (κ1) is 30.3. The van der Waals surface area contributed by atoms with Crippen molar-refractivity contribution in [3.05, 3.63) is 98.5 Å². The molecule has 0 bridgehead atoms. The number of pyridine rings is 2. The predicted molar refractivity (Wildman–Crippen MR) is 160 cm³/mol. The Labute approximate surface area is 249 Å². The molecule has 0 radical (unpaired) electrons. The number of aryl methyl sites for hydroxylation is 1. The van der Waals surface area contributed by atoms with E-state index in [4.69, 9.17) is 27.9 Å². The summed E-state index contributed by atoms with van der Waals surface area (Å²) in [4.78, 5) is 44.8. The molecule has 0 saturated heterocycles. The number of aromatic nitrogens is 2. The van der Waals surface area contributed by atoms with Crippen LogP contribution in [0.3, 0.4) is 0 Å². The average Bonchev–Trinajstić information content (AvgIpc) is 3.17. The van der Waals surface area contributed by atoms with Crippen molar-refractivity contribution >= 4 is 46.3 Å². The fraction of sp³-hybridized carbons (Fsp3) is 0.312. The number of nitrogens with zero attached hydrogens (tertiary/aromatic N) is 2. The van der Waals surface area contributed by atoms with E-state index in [1.807, 2.05) is 25.1 Å². The highest BCUT2D eigenvalue weighted by Gasteiger charge is 2.37. The molecule has 0 fully saturated rings. The SMILES string of the molecule is Cc1cccc(COc2ccn3c(C(=O)c4cc(Cl)cc(Cl)c4)c(CC(C)(C)C(=O)O)c(C(=O)C(C)(C)C)c3c2)n1. The van der Waals surface area contributed by atoms with Crippen LogP contribution in [0.15, 0.2) is 54.7 Å². The van der Waals surface area contributed by atoms with E-state index < -0.39 is 22.6 Å². The fourth-order valence-corrected chi connectivity index (χ4v) is 5.13. The van der Waals surface area contributed by atoms with Crippen LogP contribution in [0.5, 0.6) is 5.75 Å². The van der Waals surface area contributed by atoms with Gasteiger partial charge in [0.25, 0.3) is 0 Å². The molecule has 1 N–H and O–H groups in total. The number of benzene rings is 1. The number of carboxylic acid groups (broad SMARTS) is 1. The van der Waals surface area contributed by atoms with E-state index in [0.29, 0.717) is 16.8 Å². The lowest BCUT2D eigenvalue weighted by molar-refractivity contribution is -0.146. The first-order valence-corrected chi connectivity index (χ1v) is 13.9. The standard InChI is InChI=1S/C32H32Cl2N2O5/c1-18-8-7-9-22(35-18)17-41-23-10-11-36-25(15-23)26(29(38)31(2,3)4)24(16-32(5,6)30(39)40)27(36)28(37)19-12-20(33)14-21(34)13-19/h7-15H,16-17H2,1-6H3,(H,39,40). The number of halogens is 2. The van der Waals surface area contributed by atoms with Crippen LogP contribution in [0.2, 0.25) is 10.0 Å². The summed E-state index contributed by atoms with van der Waals surface area (Å²) >= 11 is 12.4. The normalized spacial score (nSPS) is 12.0. The molecular weight excluding hydrogens is 563 g/mol. The molecule has 3 aromatic heterocycles. The van der Waals surface area contributed by atoms with Gasteiger partial charge in [0.15, 0.2) is 5.78 Å². The number of fused-ring (bicyclic) bond motifs is 1. The Morgan fingerprint density at radius 2 is 1.63 bits per heavy atom. The van der Waals surface area contributed by atoms with Crippen molar-refractivity contribution in [2.45, 2.75) is 54.6 Å². The molecule has 41 heavy (non-hydrogen) atoms. The number of hydrogen-bond donors (Lipinski definition) is 1. The van der Waals surface area contributed by atoms with E-state index >= 15 is 0 Å². The second kappa shape index (κ2) is 11.3. The summed E-state index contributed by atoms with van der Waals surface area (Å²) in [6, 6.07) is 13.6. The molecule has 9 heteroatoms. The summed E-state index contributed by atoms with van der Waals surface area (Å²) in [5.74, 6) is -1.26. The van der Waals surface area contributed by atoms with E-state index in [9.17, 15) is 19.5 Å². The zero-order chi connectivity index (χ0) is 30.3. The van der Waals surface area contributed by atoms with Crippen LogP contribution >= 0.6 is 23.2 Å². The van der Waals surface area contributed by atoms with Gasteiger partial charge < -0.3 is 14.2 Å². The largest absolute Gasteiger partial charge is 0.487 e. The van der Waals surface area contributed by atoms with Crippen LogP contribution < -0.4 is 4.74 Å². The van der Waals surface area contributed by atoms with Crippen molar-refractivity contribution in [1.29, 1.82) is 0 Å². The lowest BCUT2D eigenvalue weighted by atomic mass is 9.79. The van der Waals surface area contributed by atoms with Gasteiger partial charge in [-0.2, -0.15) is 0 Å². The minimum Gasteiger partial charge on any atom is -0.487 e. The Bertz CT molecular complexity index is 1660. The third-order valence-electron chi connectivity index (χ3n) is 6.79. The van der Waals surface area contributed by atoms with Gasteiger partial charge in [0.05, 0.1) is 22.3 Å². The van der Waals surface area contributed by atoms with Crippen molar-refractivity contribution in [3.63, 3.8) is 0 Å². The van der Waals surface area contributed by atoms with Gasteiger partial charge in [0, 0.05) is 44.5 Å². The maximum Gasteiger partial charge on any atom is 0.309 e. The van der Waals surface area contributed by atoms with Crippen molar-refractivity contribution in [3.8, 4) is 5.75 Å². The number of carbonyl (C=O) groups excluding carboxylic acids is 2. The predicted octanol–water partition coefficient (Wildman–Crippen LogP) is 7.64. The topological polar surface area (TPSA) is 98.0 Å². The molecule has 214 valence electrons. The number of rotatable bonds is 9. The minimum atomic E-state index is -1.28. The van der Waals surface area contributed by atoms with Gasteiger partial charge in [-0.3, -0.25) is 19.4 Å². The number of aliphatic carboxylic acids is 1. The van der Waals surface area contributed by atoms with Crippen molar-refractivity contribution < 1.29 is 24.2 Å². The Morgan fingerprint density at radius 3 is 2.22 bits per heavy atom. The van der Waals surface area contributed by atoms with Crippen molar-refractivity contribution in [2.24, 2.45) is 10.8 Å². The quantitative estimate of drug-likeness (QED) is 0.200. The Kier molecular flexibility index (Phi) is 8.35. The zero-order valence-electron chi connectivity index (χ0n) is 23.8. The zero-order valence-corrected chi connectivity index (χ0v) is 25.4. The lowest BCUT2D eigenvalue weighted by Gasteiger charge is -2.22. The number of Topliss-reactive ketones (excluding diaryl/α,β-unsaturated/α-hetero) is 1. The Balaban J connectivity index is 1.98. The molecule has 0 amide bonds. The molecule has 0 aliphatic carbocycles. The number of hydrogen-bond acceptors (Lipinski definition) is 5. The summed E-state index contributed by atoms with van der Waals surface area (Å²) in [5, 5.41) is 10.5. The van der Waals surface area contributed by atoms with Crippen molar-refractivity contribution in [1.82, 2.24) is 9.38 Å². The molecule has 1 aromatic carbocycles. The number of carbonyl (C=O) groups is 3. The van der Waals surface area contributed by atoms with Gasteiger partial charge in [-0.15, -0.1) is 0 Å². The van der Waals surface area contributed by atoms with Crippen LogP contribution in [0, 0.1) is 17.8 Å². The summed E-state index contributed by atoms with van der Waals surface area (Å²) in [6.07, 6.45) is 1.59. The first-order valence-electron chi connectivity index (χ1n) is 13.1. The van der Waals surface area contributed by atoms with E-state index in [0.717, 1.165) is 11.4 Å². The minimum absolute atomic E-state index is 0.0695. The smallest absolute Gasteiger partial charge is 0.309 e. The summed E-state index contributed by atoms with van der Waals surface area (Å²) < 4.78 is 7.67. The van der Waals surface area contributed by atoms with Gasteiger partial charge in [-0.25, -0.2) is 0 Å². The molecule has 0 spiro atoms. The molecule has 0 saturated carbocycles. The molecule has 0 unspecified atom stereocenters. The highest BCUT2D eigenvalue weighted by molar-refractivity contribution is 6.35. The third-order valence-corrected chi connectivity index (χ3v) is 7.23. The van der Waals surface area contributed by atoms with Crippen LogP contribution in [-0.4, -0.2) is 32.0 Å². The third kappa shape index (κ3) is 6.47. The molecule has 4 rings (SSSR count). The monoisotopic (exact) mass is 594 g/mol. The average molecular weight is 596 g/mol. The Morgan fingerprint density at radius 1 is 0.976 bits per heavy atom. The van der Waals surface area contributed by atoms with Crippen molar-refractivity contribution in [2.75, 3.05) is 0 Å². The maximum absolute atomic E-state index is 14.1. The molecule has 4 aromatic rings. The molecule has 7 nitrogen and oxygen atoms in total.